The number of non-ortho nitro benzene ring substituents is 1. The molecule has 0 saturated carbocycles. The molecule has 1 amide bonds. The van der Waals surface area contributed by atoms with Gasteiger partial charge in [0, 0.05) is 43.4 Å². The molecule has 1 aliphatic rings. The number of aromatic nitrogens is 2. The van der Waals surface area contributed by atoms with Gasteiger partial charge in [0.1, 0.15) is 10.6 Å². The van der Waals surface area contributed by atoms with Crippen LogP contribution in [0.15, 0.2) is 23.1 Å². The van der Waals surface area contributed by atoms with E-state index in [0.717, 1.165) is 25.0 Å². The van der Waals surface area contributed by atoms with Gasteiger partial charge >= 0.3 is 0 Å². The number of hydrogen-bond donors (Lipinski definition) is 2. The monoisotopic (exact) mass is 495 g/mol. The van der Waals surface area contributed by atoms with Gasteiger partial charge in [0.15, 0.2) is 5.69 Å². The number of nitrogens with one attached hydrogen (secondary N) is 2. The molecular formula is C21H29N5O7S. The summed E-state index contributed by atoms with van der Waals surface area (Å²) < 4.78 is 41.1. The Morgan fingerprint density at radius 3 is 2.74 bits per heavy atom. The summed E-state index contributed by atoms with van der Waals surface area (Å²) in [5, 5.41) is 18.4. The predicted octanol–water partition coefficient (Wildman–Crippen LogP) is 2.51. The van der Waals surface area contributed by atoms with E-state index in [0.29, 0.717) is 25.3 Å². The van der Waals surface area contributed by atoms with Gasteiger partial charge in [-0.3, -0.25) is 14.9 Å². The van der Waals surface area contributed by atoms with Crippen molar-refractivity contribution in [2.24, 2.45) is 0 Å². The molecule has 1 aliphatic heterocycles. The highest BCUT2D eigenvalue weighted by Crippen LogP contribution is 2.34. The number of carbonyl (C=O) groups is 1. The molecule has 3 rings (SSSR count). The number of ether oxygens (including phenoxy) is 2. The van der Waals surface area contributed by atoms with Crippen LogP contribution in [-0.4, -0.2) is 54.3 Å². The summed E-state index contributed by atoms with van der Waals surface area (Å²) in [4.78, 5) is 22.9. The lowest BCUT2D eigenvalue weighted by Crippen LogP contribution is -2.32. The number of aryl methyl sites for hydroxylation is 1. The van der Waals surface area contributed by atoms with E-state index >= 15 is 0 Å². The molecule has 1 aromatic carbocycles. The van der Waals surface area contributed by atoms with Gasteiger partial charge in [0.05, 0.1) is 11.0 Å². The third-order valence-corrected chi connectivity index (χ3v) is 6.86. The molecule has 2 N–H and O–H groups in total. The second-order valence-corrected chi connectivity index (χ2v) is 9.89. The molecule has 34 heavy (non-hydrogen) atoms. The summed E-state index contributed by atoms with van der Waals surface area (Å²) in [5.74, 6) is -0.356. The van der Waals surface area contributed by atoms with Crippen molar-refractivity contribution < 1.29 is 27.6 Å². The van der Waals surface area contributed by atoms with Crippen molar-refractivity contribution in [1.82, 2.24) is 19.8 Å². The van der Waals surface area contributed by atoms with Gasteiger partial charge in [-0.1, -0.05) is 0 Å². The first-order chi connectivity index (χ1) is 16.0. The lowest BCUT2D eigenvalue weighted by molar-refractivity contribution is -0.385. The van der Waals surface area contributed by atoms with Crippen molar-refractivity contribution in [1.29, 1.82) is 0 Å². The SMILES string of the molecule is CCn1nc(C(=O)NC[C@H]2CCCO2)c(C)c1Oc1ccc([N+](=O)[O-])cc1S(=O)(=O)NC(C)C. The number of hydrogen-bond acceptors (Lipinski definition) is 8. The third kappa shape index (κ3) is 5.72. The average Bonchev–Trinajstić information content (AvgIpc) is 3.39. The van der Waals surface area contributed by atoms with Gasteiger partial charge < -0.3 is 14.8 Å². The Kier molecular flexibility index (Phi) is 7.89. The van der Waals surface area contributed by atoms with Crippen LogP contribution in [0.2, 0.25) is 0 Å². The zero-order valence-corrected chi connectivity index (χ0v) is 20.3. The maximum atomic E-state index is 12.9. The van der Waals surface area contributed by atoms with E-state index in [1.54, 1.807) is 27.7 Å². The average molecular weight is 496 g/mol. The maximum absolute atomic E-state index is 12.9. The molecule has 0 aliphatic carbocycles. The predicted molar refractivity (Wildman–Crippen MR) is 123 cm³/mol. The summed E-state index contributed by atoms with van der Waals surface area (Å²) in [6.07, 6.45) is 1.79. The zero-order chi connectivity index (χ0) is 25.0. The third-order valence-electron chi connectivity index (χ3n) is 5.19. The fourth-order valence-electron chi connectivity index (χ4n) is 3.57. The van der Waals surface area contributed by atoms with Crippen molar-refractivity contribution in [3.63, 3.8) is 0 Å². The largest absolute Gasteiger partial charge is 0.438 e. The topological polar surface area (TPSA) is 155 Å². The molecule has 13 heteroatoms. The molecule has 1 saturated heterocycles. The van der Waals surface area contributed by atoms with Crippen LogP contribution in [0.1, 0.15) is 49.7 Å². The van der Waals surface area contributed by atoms with Gasteiger partial charge in [0.25, 0.3) is 11.6 Å². The number of sulfonamides is 1. The van der Waals surface area contributed by atoms with Gasteiger partial charge in [-0.15, -0.1) is 0 Å². The number of nitrogens with zero attached hydrogens (tertiary/aromatic N) is 3. The van der Waals surface area contributed by atoms with Crippen molar-refractivity contribution in [2.45, 2.75) is 64.1 Å². The minimum absolute atomic E-state index is 0.0328. The molecule has 0 spiro atoms. The Morgan fingerprint density at radius 2 is 2.15 bits per heavy atom. The second kappa shape index (κ2) is 10.5. The Bertz CT molecular complexity index is 1170. The number of nitro groups is 1. The standard InChI is InChI=1S/C21H29N5O7S/c1-5-25-21(14(4)19(23-25)20(27)22-12-16-7-6-10-32-16)33-17-9-8-15(26(28)29)11-18(17)34(30,31)24-13(2)3/h8-9,11,13,16,24H,5-7,10,12H2,1-4H3,(H,22,27)/t16-/m1/s1. The highest BCUT2D eigenvalue weighted by molar-refractivity contribution is 7.89. The number of rotatable bonds is 10. The van der Waals surface area contributed by atoms with Crippen LogP contribution >= 0.6 is 0 Å². The Hall–Kier alpha value is -3.03. The Morgan fingerprint density at radius 1 is 1.41 bits per heavy atom. The van der Waals surface area contributed by atoms with Crippen LogP contribution in [0, 0.1) is 17.0 Å². The molecule has 186 valence electrons. The first-order valence-corrected chi connectivity index (χ1v) is 12.5. The van der Waals surface area contributed by atoms with Crippen LogP contribution in [0.25, 0.3) is 0 Å². The Labute approximate surface area is 197 Å². The van der Waals surface area contributed by atoms with Crippen LogP contribution in [0.3, 0.4) is 0 Å². The normalized spacial score (nSPS) is 16.1. The summed E-state index contributed by atoms with van der Waals surface area (Å²) >= 11 is 0. The van der Waals surface area contributed by atoms with Crippen LogP contribution < -0.4 is 14.8 Å². The molecule has 0 bridgehead atoms. The minimum atomic E-state index is -4.13. The molecule has 1 atom stereocenters. The van der Waals surface area contributed by atoms with Crippen LogP contribution in [0.4, 0.5) is 5.69 Å². The van der Waals surface area contributed by atoms with E-state index in [4.69, 9.17) is 9.47 Å². The zero-order valence-electron chi connectivity index (χ0n) is 19.5. The summed E-state index contributed by atoms with van der Waals surface area (Å²) in [6, 6.07) is 2.87. The summed E-state index contributed by atoms with van der Waals surface area (Å²) in [7, 11) is -4.13. The van der Waals surface area contributed by atoms with Crippen molar-refractivity contribution in [3.05, 3.63) is 39.6 Å². The highest BCUT2D eigenvalue weighted by Gasteiger charge is 2.28. The van der Waals surface area contributed by atoms with Gasteiger partial charge in [-0.2, -0.15) is 5.10 Å². The van der Waals surface area contributed by atoms with Crippen molar-refractivity contribution in [2.75, 3.05) is 13.2 Å². The summed E-state index contributed by atoms with van der Waals surface area (Å²) in [5.41, 5.74) is 0.151. The minimum Gasteiger partial charge on any atom is -0.438 e. The number of carbonyl (C=O) groups excluding carboxylic acids is 1. The van der Waals surface area contributed by atoms with Gasteiger partial charge in [-0.05, 0) is 46.6 Å². The van der Waals surface area contributed by atoms with Crippen LogP contribution in [0.5, 0.6) is 11.6 Å². The fraction of sp³-hybridized carbons (Fsp3) is 0.524. The smallest absolute Gasteiger partial charge is 0.272 e. The maximum Gasteiger partial charge on any atom is 0.272 e. The van der Waals surface area contributed by atoms with E-state index in [1.807, 2.05) is 0 Å². The van der Waals surface area contributed by atoms with E-state index in [1.165, 1.54) is 10.7 Å². The fourth-order valence-corrected chi connectivity index (χ4v) is 4.97. The lowest BCUT2D eigenvalue weighted by Gasteiger charge is -2.15. The molecular weight excluding hydrogens is 466 g/mol. The molecule has 1 fully saturated rings. The quantitative estimate of drug-likeness (QED) is 0.376. The van der Waals surface area contributed by atoms with Crippen molar-refractivity contribution in [3.8, 4) is 11.6 Å². The van der Waals surface area contributed by atoms with Crippen molar-refractivity contribution >= 4 is 21.6 Å². The molecule has 2 heterocycles. The number of nitro benzene ring substituents is 1. The first kappa shape index (κ1) is 25.6. The molecule has 0 radical (unpaired) electrons. The molecule has 0 unspecified atom stereocenters. The van der Waals surface area contributed by atoms with E-state index in [9.17, 15) is 23.3 Å². The van der Waals surface area contributed by atoms with Gasteiger partial charge in [0.2, 0.25) is 15.9 Å². The number of amides is 1. The van der Waals surface area contributed by atoms with Gasteiger partial charge in [-0.25, -0.2) is 17.8 Å². The molecule has 1 aromatic heterocycles. The van der Waals surface area contributed by atoms with E-state index in [2.05, 4.69) is 15.1 Å². The first-order valence-electron chi connectivity index (χ1n) is 11.0. The summed E-state index contributed by atoms with van der Waals surface area (Å²) in [6.45, 7) is 8.07. The second-order valence-electron chi connectivity index (χ2n) is 8.21. The van der Waals surface area contributed by atoms with Crippen LogP contribution in [-0.2, 0) is 21.3 Å². The van der Waals surface area contributed by atoms with E-state index in [-0.39, 0.29) is 28.3 Å². The lowest BCUT2D eigenvalue weighted by atomic mass is 10.2. The molecule has 2 aromatic rings. The Balaban J connectivity index is 1.95. The molecule has 12 nitrogen and oxygen atoms in total. The highest BCUT2D eigenvalue weighted by atomic mass is 32.2. The number of benzene rings is 1. The van der Waals surface area contributed by atoms with E-state index < -0.39 is 32.6 Å².